The highest BCUT2D eigenvalue weighted by atomic mass is 19.1. The number of fused-ring (bicyclic) bond motifs is 2. The zero-order valence-corrected chi connectivity index (χ0v) is 14.3. The molecule has 0 amide bonds. The van der Waals surface area contributed by atoms with Crippen LogP contribution in [0.2, 0.25) is 0 Å². The van der Waals surface area contributed by atoms with Crippen LogP contribution in [0.1, 0.15) is 11.1 Å². The van der Waals surface area contributed by atoms with Crippen molar-refractivity contribution in [2.24, 2.45) is 0 Å². The van der Waals surface area contributed by atoms with Gasteiger partial charge in [0.2, 0.25) is 0 Å². The van der Waals surface area contributed by atoms with Crippen LogP contribution in [0.3, 0.4) is 0 Å². The Kier molecular flexibility index (Phi) is 3.67. The predicted molar refractivity (Wildman–Crippen MR) is 94.5 cm³/mol. The molecule has 0 unspecified atom stereocenters. The highest BCUT2D eigenvalue weighted by molar-refractivity contribution is 5.94. The number of nitrogens with zero attached hydrogens (tertiary/aromatic N) is 3. The van der Waals surface area contributed by atoms with Gasteiger partial charge >= 0.3 is 0 Å². The van der Waals surface area contributed by atoms with Gasteiger partial charge in [-0.2, -0.15) is 0 Å². The Morgan fingerprint density at radius 2 is 1.84 bits per heavy atom. The second-order valence-corrected chi connectivity index (χ2v) is 6.00. The third kappa shape index (κ3) is 2.36. The summed E-state index contributed by atoms with van der Waals surface area (Å²) in [4.78, 5) is 10.9. The third-order valence-corrected chi connectivity index (χ3v) is 4.70. The van der Waals surface area contributed by atoms with Gasteiger partial charge in [-0.25, -0.2) is 14.4 Å². The van der Waals surface area contributed by atoms with Crippen molar-refractivity contribution in [3.63, 3.8) is 0 Å². The van der Waals surface area contributed by atoms with Crippen molar-refractivity contribution < 1.29 is 13.9 Å². The molecule has 0 aliphatic carbocycles. The van der Waals surface area contributed by atoms with Gasteiger partial charge in [-0.3, -0.25) is 0 Å². The fraction of sp³-hybridized carbons (Fsp3) is 0.263. The molecule has 5 nitrogen and oxygen atoms in total. The van der Waals surface area contributed by atoms with Crippen molar-refractivity contribution in [3.8, 4) is 11.5 Å². The maximum Gasteiger partial charge on any atom is 0.162 e. The molecule has 2 heterocycles. The zero-order chi connectivity index (χ0) is 17.6. The lowest BCUT2D eigenvalue weighted by atomic mass is 10.1. The lowest BCUT2D eigenvalue weighted by Crippen LogP contribution is -2.16. The second-order valence-electron chi connectivity index (χ2n) is 6.00. The highest BCUT2D eigenvalue weighted by Gasteiger charge is 2.26. The molecule has 25 heavy (non-hydrogen) atoms. The Balaban J connectivity index is 1.94. The van der Waals surface area contributed by atoms with Crippen molar-refractivity contribution in [2.75, 3.05) is 25.7 Å². The van der Waals surface area contributed by atoms with E-state index in [0.717, 1.165) is 40.9 Å². The summed E-state index contributed by atoms with van der Waals surface area (Å²) in [5.74, 6) is 1.77. The molecule has 1 aliphatic rings. The lowest BCUT2D eigenvalue weighted by molar-refractivity contribution is 0.356. The predicted octanol–water partition coefficient (Wildman–Crippen LogP) is 3.79. The first-order chi connectivity index (χ1) is 12.1. The quantitative estimate of drug-likeness (QED) is 0.726. The van der Waals surface area contributed by atoms with Crippen LogP contribution in [0.5, 0.6) is 11.5 Å². The van der Waals surface area contributed by atoms with Crippen molar-refractivity contribution >= 4 is 22.4 Å². The van der Waals surface area contributed by atoms with E-state index in [9.17, 15) is 4.39 Å². The number of benzene rings is 2. The van der Waals surface area contributed by atoms with E-state index in [1.165, 1.54) is 12.4 Å². The van der Waals surface area contributed by atoms with Crippen molar-refractivity contribution in [3.05, 3.63) is 47.5 Å². The minimum atomic E-state index is -0.205. The van der Waals surface area contributed by atoms with Gasteiger partial charge in [0.05, 0.1) is 25.4 Å². The molecule has 1 aromatic heterocycles. The average molecular weight is 339 g/mol. The first-order valence-corrected chi connectivity index (χ1v) is 8.06. The molecule has 0 saturated carbocycles. The molecule has 3 aromatic rings. The Hall–Kier alpha value is -2.89. The molecule has 6 heteroatoms. The summed E-state index contributed by atoms with van der Waals surface area (Å²) < 4.78 is 24.9. The molecule has 0 atom stereocenters. The maximum absolute atomic E-state index is 14.1. The fourth-order valence-corrected chi connectivity index (χ4v) is 3.45. The van der Waals surface area contributed by atoms with Crippen LogP contribution in [-0.2, 0) is 6.42 Å². The topological polar surface area (TPSA) is 47.5 Å². The van der Waals surface area contributed by atoms with E-state index in [4.69, 9.17) is 9.47 Å². The van der Waals surface area contributed by atoms with Crippen LogP contribution in [0.25, 0.3) is 10.9 Å². The molecule has 2 aromatic carbocycles. The normalized spacial score (nSPS) is 13.2. The summed E-state index contributed by atoms with van der Waals surface area (Å²) in [7, 11) is 3.19. The van der Waals surface area contributed by atoms with Gasteiger partial charge in [-0.15, -0.1) is 0 Å². The van der Waals surface area contributed by atoms with Gasteiger partial charge in [0, 0.05) is 23.6 Å². The summed E-state index contributed by atoms with van der Waals surface area (Å²) in [5, 5.41) is 0.844. The van der Waals surface area contributed by atoms with Crippen molar-refractivity contribution in [1.82, 2.24) is 9.97 Å². The van der Waals surface area contributed by atoms with E-state index in [-0.39, 0.29) is 5.82 Å². The second kappa shape index (κ2) is 5.88. The Morgan fingerprint density at radius 1 is 1.08 bits per heavy atom. The molecular weight excluding hydrogens is 321 g/mol. The summed E-state index contributed by atoms with van der Waals surface area (Å²) in [6.45, 7) is 2.56. The SMILES string of the molecule is COc1cc2ncnc(N3CCc4ccc(F)c(C)c43)c2cc1OC. The molecule has 128 valence electrons. The molecular formula is C19H18FN3O2. The van der Waals surface area contributed by atoms with Gasteiger partial charge in [0.1, 0.15) is 18.0 Å². The minimum Gasteiger partial charge on any atom is -0.493 e. The smallest absolute Gasteiger partial charge is 0.162 e. The van der Waals surface area contributed by atoms with Crippen molar-refractivity contribution in [1.29, 1.82) is 0 Å². The summed E-state index contributed by atoms with van der Waals surface area (Å²) in [5.41, 5.74) is 3.42. The Morgan fingerprint density at radius 3 is 2.60 bits per heavy atom. The molecule has 0 N–H and O–H groups in total. The van der Waals surface area contributed by atoms with Crippen LogP contribution in [0, 0.1) is 12.7 Å². The molecule has 0 spiro atoms. The monoisotopic (exact) mass is 339 g/mol. The third-order valence-electron chi connectivity index (χ3n) is 4.70. The first kappa shape index (κ1) is 15.6. The standard InChI is InChI=1S/C19H18FN3O2/c1-11-14(20)5-4-12-6-7-23(18(11)12)19-13-8-16(24-2)17(25-3)9-15(13)21-10-22-19/h4-5,8-10H,6-7H2,1-3H3. The van der Waals surface area contributed by atoms with Gasteiger partial charge in [0.25, 0.3) is 0 Å². The molecule has 0 radical (unpaired) electrons. The Labute approximate surface area is 145 Å². The number of hydrogen-bond acceptors (Lipinski definition) is 5. The zero-order valence-electron chi connectivity index (χ0n) is 14.3. The number of hydrogen-bond donors (Lipinski definition) is 0. The van der Waals surface area contributed by atoms with E-state index in [2.05, 4.69) is 14.9 Å². The number of halogens is 1. The van der Waals surface area contributed by atoms with Crippen LogP contribution >= 0.6 is 0 Å². The molecule has 0 bridgehead atoms. The highest BCUT2D eigenvalue weighted by Crippen LogP contribution is 2.41. The van der Waals surface area contributed by atoms with Crippen LogP contribution in [0.4, 0.5) is 15.9 Å². The fourth-order valence-electron chi connectivity index (χ4n) is 3.45. The van der Waals surface area contributed by atoms with Crippen molar-refractivity contribution in [2.45, 2.75) is 13.3 Å². The maximum atomic E-state index is 14.1. The summed E-state index contributed by atoms with van der Waals surface area (Å²) >= 11 is 0. The molecule has 1 aliphatic heterocycles. The largest absolute Gasteiger partial charge is 0.493 e. The summed E-state index contributed by atoms with van der Waals surface area (Å²) in [6.07, 6.45) is 2.38. The first-order valence-electron chi connectivity index (χ1n) is 8.06. The average Bonchev–Trinajstić information content (AvgIpc) is 3.07. The number of anilines is 2. The minimum absolute atomic E-state index is 0.205. The van der Waals surface area contributed by atoms with E-state index < -0.39 is 0 Å². The van der Waals surface area contributed by atoms with E-state index in [1.807, 2.05) is 18.2 Å². The number of methoxy groups -OCH3 is 2. The van der Waals surface area contributed by atoms with Crippen LogP contribution in [-0.4, -0.2) is 30.7 Å². The Bertz CT molecular complexity index is 975. The van der Waals surface area contributed by atoms with Gasteiger partial charge in [-0.1, -0.05) is 6.07 Å². The van der Waals surface area contributed by atoms with E-state index >= 15 is 0 Å². The molecule has 0 saturated heterocycles. The number of aromatic nitrogens is 2. The summed E-state index contributed by atoms with van der Waals surface area (Å²) in [6, 6.07) is 7.08. The lowest BCUT2D eigenvalue weighted by Gasteiger charge is -2.22. The van der Waals surface area contributed by atoms with E-state index in [0.29, 0.717) is 17.1 Å². The van der Waals surface area contributed by atoms with Crippen LogP contribution < -0.4 is 14.4 Å². The van der Waals surface area contributed by atoms with Gasteiger partial charge < -0.3 is 14.4 Å². The molecule has 4 rings (SSSR count). The number of rotatable bonds is 3. The van der Waals surface area contributed by atoms with Gasteiger partial charge in [0.15, 0.2) is 11.5 Å². The van der Waals surface area contributed by atoms with Gasteiger partial charge in [-0.05, 0) is 31.0 Å². The van der Waals surface area contributed by atoms with E-state index in [1.54, 1.807) is 21.1 Å². The van der Waals surface area contributed by atoms with Crippen LogP contribution in [0.15, 0.2) is 30.6 Å². The number of ether oxygens (including phenoxy) is 2. The molecule has 0 fully saturated rings.